The van der Waals surface area contributed by atoms with Crippen molar-refractivity contribution in [3.8, 4) is 0 Å². The molecule has 0 spiro atoms. The number of carboxylic acid groups (broad SMARTS) is 1. The Kier molecular flexibility index (Phi) is 10.1. The van der Waals surface area contributed by atoms with Gasteiger partial charge in [-0.1, -0.05) is 6.92 Å². The van der Waals surface area contributed by atoms with Crippen LogP contribution in [0.2, 0.25) is 0 Å². The fraction of sp³-hybridized carbons (Fsp3) is 0.917. The van der Waals surface area contributed by atoms with Crippen molar-refractivity contribution in [1.82, 2.24) is 5.32 Å². The predicted molar refractivity (Wildman–Crippen MR) is 66.0 cm³/mol. The minimum atomic E-state index is -0.739. The summed E-state index contributed by atoms with van der Waals surface area (Å²) in [4.78, 5) is 10.4. The zero-order valence-electron chi connectivity index (χ0n) is 10.8. The van der Waals surface area contributed by atoms with Gasteiger partial charge in [0.25, 0.3) is 0 Å². The summed E-state index contributed by atoms with van der Waals surface area (Å²) in [7, 11) is 0. The first-order valence-electron chi connectivity index (χ1n) is 6.24. The molecule has 102 valence electrons. The van der Waals surface area contributed by atoms with E-state index in [1.165, 1.54) is 0 Å². The second kappa shape index (κ2) is 10.5. The molecule has 0 aliphatic carbocycles. The first-order valence-corrected chi connectivity index (χ1v) is 6.24. The van der Waals surface area contributed by atoms with E-state index in [1.54, 1.807) is 0 Å². The molecular weight excluding hydrogens is 222 g/mol. The molecule has 0 bridgehead atoms. The SMILES string of the molecule is CCOCC(O)CNCCC(C)CCC(=O)O. The van der Waals surface area contributed by atoms with E-state index in [9.17, 15) is 9.90 Å². The van der Waals surface area contributed by atoms with Gasteiger partial charge >= 0.3 is 5.97 Å². The molecule has 0 aromatic heterocycles. The highest BCUT2D eigenvalue weighted by Gasteiger charge is 2.06. The highest BCUT2D eigenvalue weighted by Crippen LogP contribution is 2.08. The lowest BCUT2D eigenvalue weighted by Gasteiger charge is -2.13. The number of ether oxygens (including phenoxy) is 1. The number of aliphatic carboxylic acids is 1. The van der Waals surface area contributed by atoms with Crippen LogP contribution < -0.4 is 5.32 Å². The number of aliphatic hydroxyl groups is 1. The Morgan fingerprint density at radius 1 is 1.41 bits per heavy atom. The van der Waals surface area contributed by atoms with Crippen molar-refractivity contribution in [3.63, 3.8) is 0 Å². The third kappa shape index (κ3) is 11.6. The second-order valence-electron chi connectivity index (χ2n) is 4.34. The standard InChI is InChI=1S/C12H25NO4/c1-3-17-9-11(14)8-13-7-6-10(2)4-5-12(15)16/h10-11,13-14H,3-9H2,1-2H3,(H,15,16). The van der Waals surface area contributed by atoms with Gasteiger partial charge in [0.15, 0.2) is 0 Å². The maximum Gasteiger partial charge on any atom is 0.303 e. The molecule has 0 fully saturated rings. The Balaban J connectivity index is 3.34. The largest absolute Gasteiger partial charge is 0.481 e. The molecule has 0 saturated carbocycles. The van der Waals surface area contributed by atoms with Crippen LogP contribution in [0.15, 0.2) is 0 Å². The molecule has 2 unspecified atom stereocenters. The number of aliphatic hydroxyl groups excluding tert-OH is 1. The quantitative estimate of drug-likeness (QED) is 0.472. The smallest absolute Gasteiger partial charge is 0.303 e. The Morgan fingerprint density at radius 2 is 2.12 bits per heavy atom. The second-order valence-corrected chi connectivity index (χ2v) is 4.34. The van der Waals surface area contributed by atoms with Crippen LogP contribution in [-0.4, -0.2) is 48.6 Å². The molecule has 0 amide bonds. The lowest BCUT2D eigenvalue weighted by molar-refractivity contribution is -0.137. The molecule has 3 N–H and O–H groups in total. The molecule has 0 aromatic carbocycles. The zero-order chi connectivity index (χ0) is 13.1. The third-order valence-corrected chi connectivity index (χ3v) is 2.56. The van der Waals surface area contributed by atoms with Crippen molar-refractivity contribution < 1.29 is 19.7 Å². The number of rotatable bonds is 11. The van der Waals surface area contributed by atoms with E-state index in [-0.39, 0.29) is 6.42 Å². The zero-order valence-corrected chi connectivity index (χ0v) is 10.8. The van der Waals surface area contributed by atoms with E-state index in [1.807, 2.05) is 13.8 Å². The van der Waals surface area contributed by atoms with Crippen molar-refractivity contribution in [2.24, 2.45) is 5.92 Å². The lowest BCUT2D eigenvalue weighted by Crippen LogP contribution is -2.31. The normalized spacial score (nSPS) is 14.5. The highest BCUT2D eigenvalue weighted by atomic mass is 16.5. The molecule has 0 aliphatic rings. The summed E-state index contributed by atoms with van der Waals surface area (Å²) in [6.45, 7) is 6.22. The van der Waals surface area contributed by atoms with Crippen molar-refractivity contribution in [3.05, 3.63) is 0 Å². The number of nitrogens with one attached hydrogen (secondary N) is 1. The van der Waals surface area contributed by atoms with E-state index in [2.05, 4.69) is 5.32 Å². The van der Waals surface area contributed by atoms with Gasteiger partial charge in [0, 0.05) is 19.6 Å². The van der Waals surface area contributed by atoms with Gasteiger partial charge in [0.1, 0.15) is 0 Å². The molecule has 5 heteroatoms. The van der Waals surface area contributed by atoms with Gasteiger partial charge in [-0.2, -0.15) is 0 Å². The molecule has 0 radical (unpaired) electrons. The third-order valence-electron chi connectivity index (χ3n) is 2.56. The lowest BCUT2D eigenvalue weighted by atomic mass is 10.0. The molecule has 0 aromatic rings. The van der Waals surface area contributed by atoms with Crippen LogP contribution in [-0.2, 0) is 9.53 Å². The first kappa shape index (κ1) is 16.4. The fourth-order valence-electron chi connectivity index (χ4n) is 1.44. The molecule has 0 aliphatic heterocycles. The minimum absolute atomic E-state index is 0.230. The van der Waals surface area contributed by atoms with Crippen LogP contribution in [0.4, 0.5) is 0 Å². The Morgan fingerprint density at radius 3 is 2.71 bits per heavy atom. The summed E-state index contributed by atoms with van der Waals surface area (Å²) in [5.41, 5.74) is 0. The van der Waals surface area contributed by atoms with Crippen LogP contribution in [0.25, 0.3) is 0 Å². The fourth-order valence-corrected chi connectivity index (χ4v) is 1.44. The van der Waals surface area contributed by atoms with Gasteiger partial charge in [-0.3, -0.25) is 4.79 Å². The summed E-state index contributed by atoms with van der Waals surface area (Å²) in [6.07, 6.45) is 1.39. The minimum Gasteiger partial charge on any atom is -0.481 e. The van der Waals surface area contributed by atoms with E-state index < -0.39 is 12.1 Å². The van der Waals surface area contributed by atoms with Gasteiger partial charge in [-0.15, -0.1) is 0 Å². The van der Waals surface area contributed by atoms with Crippen LogP contribution in [0.5, 0.6) is 0 Å². The number of hydrogen-bond donors (Lipinski definition) is 3. The number of carbonyl (C=O) groups is 1. The van der Waals surface area contributed by atoms with Crippen LogP contribution in [0, 0.1) is 5.92 Å². The molecular formula is C12H25NO4. The topological polar surface area (TPSA) is 78.8 Å². The molecule has 5 nitrogen and oxygen atoms in total. The van der Waals surface area contributed by atoms with E-state index in [4.69, 9.17) is 9.84 Å². The summed E-state index contributed by atoms with van der Waals surface area (Å²) >= 11 is 0. The molecule has 17 heavy (non-hydrogen) atoms. The monoisotopic (exact) mass is 247 g/mol. The maximum atomic E-state index is 10.4. The number of hydrogen-bond acceptors (Lipinski definition) is 4. The van der Waals surface area contributed by atoms with Crippen molar-refractivity contribution in [1.29, 1.82) is 0 Å². The van der Waals surface area contributed by atoms with Crippen LogP contribution >= 0.6 is 0 Å². The van der Waals surface area contributed by atoms with E-state index in [0.717, 1.165) is 13.0 Å². The Labute approximate surface area is 103 Å². The number of carboxylic acids is 1. The first-order chi connectivity index (χ1) is 8.06. The average molecular weight is 247 g/mol. The molecule has 0 heterocycles. The summed E-state index contributed by atoms with van der Waals surface area (Å²) in [5, 5.41) is 21.1. The predicted octanol–water partition coefficient (Wildman–Crippen LogP) is 0.864. The van der Waals surface area contributed by atoms with Gasteiger partial charge in [0.2, 0.25) is 0 Å². The molecule has 0 saturated heterocycles. The Hall–Kier alpha value is -0.650. The highest BCUT2D eigenvalue weighted by molar-refractivity contribution is 5.66. The average Bonchev–Trinajstić information content (AvgIpc) is 2.29. The van der Waals surface area contributed by atoms with Gasteiger partial charge in [-0.05, 0) is 32.2 Å². The van der Waals surface area contributed by atoms with Gasteiger partial charge in [-0.25, -0.2) is 0 Å². The van der Waals surface area contributed by atoms with E-state index >= 15 is 0 Å². The van der Waals surface area contributed by atoms with Gasteiger partial charge < -0.3 is 20.3 Å². The van der Waals surface area contributed by atoms with Crippen molar-refractivity contribution >= 4 is 5.97 Å². The maximum absolute atomic E-state index is 10.4. The molecule has 2 atom stereocenters. The summed E-state index contributed by atoms with van der Waals surface area (Å²) in [6, 6.07) is 0. The van der Waals surface area contributed by atoms with E-state index in [0.29, 0.717) is 32.1 Å². The summed E-state index contributed by atoms with van der Waals surface area (Å²) < 4.78 is 5.08. The van der Waals surface area contributed by atoms with Crippen molar-refractivity contribution in [2.45, 2.75) is 39.2 Å². The van der Waals surface area contributed by atoms with Crippen molar-refractivity contribution in [2.75, 3.05) is 26.3 Å². The van der Waals surface area contributed by atoms with Crippen LogP contribution in [0.3, 0.4) is 0 Å². The Bertz CT molecular complexity index is 199. The summed E-state index contributed by atoms with van der Waals surface area (Å²) in [5.74, 6) is -0.348. The molecule has 0 rings (SSSR count). The van der Waals surface area contributed by atoms with Gasteiger partial charge in [0.05, 0.1) is 12.7 Å². The van der Waals surface area contributed by atoms with Crippen LogP contribution in [0.1, 0.15) is 33.1 Å².